The van der Waals surface area contributed by atoms with Gasteiger partial charge in [0.25, 0.3) is 11.6 Å². The van der Waals surface area contributed by atoms with Crippen molar-refractivity contribution in [2.45, 2.75) is 25.3 Å². The van der Waals surface area contributed by atoms with Gasteiger partial charge in [-0.25, -0.2) is 0 Å². The Hall–Kier alpha value is -3.14. The fourth-order valence-electron chi connectivity index (χ4n) is 3.01. The number of anilines is 1. The number of ether oxygens (including phenoxy) is 2. The zero-order valence-electron chi connectivity index (χ0n) is 16.9. The van der Waals surface area contributed by atoms with Crippen LogP contribution >= 0.6 is 15.9 Å². The van der Waals surface area contributed by atoms with E-state index in [0.29, 0.717) is 21.7 Å². The van der Waals surface area contributed by atoms with Gasteiger partial charge in [-0.1, -0.05) is 12.1 Å². The molecule has 3 rings (SSSR count). The SMILES string of the molecule is COc1ccccc1OCC(=O)N(CCC(=O)Nc1cc([N+](=O)[O-])ccc1Br)C1CC1. The third kappa shape index (κ3) is 6.17. The lowest BCUT2D eigenvalue weighted by Crippen LogP contribution is -2.38. The van der Waals surface area contributed by atoms with E-state index in [-0.39, 0.29) is 43.1 Å². The molecule has 0 unspecified atom stereocenters. The molecule has 10 heteroatoms. The molecule has 164 valence electrons. The lowest BCUT2D eigenvalue weighted by atomic mass is 10.2. The van der Waals surface area contributed by atoms with Crippen LogP contribution in [0.2, 0.25) is 0 Å². The number of nitrogens with zero attached hydrogens (tertiary/aromatic N) is 2. The Morgan fingerprint density at radius 3 is 2.58 bits per heavy atom. The predicted octanol–water partition coefficient (Wildman–Crippen LogP) is 3.76. The number of amides is 2. The van der Waals surface area contributed by atoms with Crippen molar-refractivity contribution in [1.82, 2.24) is 4.90 Å². The molecule has 1 saturated carbocycles. The number of halogens is 1. The second-order valence-electron chi connectivity index (χ2n) is 6.98. The first-order valence-corrected chi connectivity index (χ1v) is 10.5. The van der Waals surface area contributed by atoms with Crippen LogP contribution in [0.3, 0.4) is 0 Å². The number of hydrogen-bond acceptors (Lipinski definition) is 6. The first kappa shape index (κ1) is 22.5. The van der Waals surface area contributed by atoms with Gasteiger partial charge >= 0.3 is 0 Å². The molecule has 1 aliphatic carbocycles. The third-order valence-corrected chi connectivity index (χ3v) is 5.43. The minimum Gasteiger partial charge on any atom is -0.493 e. The number of rotatable bonds is 10. The van der Waals surface area contributed by atoms with Gasteiger partial charge in [-0.2, -0.15) is 0 Å². The Labute approximate surface area is 187 Å². The van der Waals surface area contributed by atoms with Crippen LogP contribution in [0.5, 0.6) is 11.5 Å². The fraction of sp³-hybridized carbons (Fsp3) is 0.333. The fourth-order valence-corrected chi connectivity index (χ4v) is 3.36. The van der Waals surface area contributed by atoms with E-state index >= 15 is 0 Å². The van der Waals surface area contributed by atoms with Crippen molar-refractivity contribution in [2.24, 2.45) is 0 Å². The number of methoxy groups -OCH3 is 1. The highest BCUT2D eigenvalue weighted by molar-refractivity contribution is 9.10. The summed E-state index contributed by atoms with van der Waals surface area (Å²) >= 11 is 3.27. The molecule has 1 fully saturated rings. The normalized spacial score (nSPS) is 12.7. The van der Waals surface area contributed by atoms with Crippen LogP contribution < -0.4 is 14.8 Å². The maximum atomic E-state index is 12.7. The molecule has 0 radical (unpaired) electrons. The molecule has 0 saturated heterocycles. The van der Waals surface area contributed by atoms with Gasteiger partial charge in [-0.15, -0.1) is 0 Å². The smallest absolute Gasteiger partial charge is 0.271 e. The zero-order valence-corrected chi connectivity index (χ0v) is 18.5. The lowest BCUT2D eigenvalue weighted by molar-refractivity contribution is -0.384. The Balaban J connectivity index is 1.56. The van der Waals surface area contributed by atoms with Crippen LogP contribution in [-0.2, 0) is 9.59 Å². The molecule has 0 aromatic heterocycles. The summed E-state index contributed by atoms with van der Waals surface area (Å²) in [4.78, 5) is 37.1. The molecule has 0 heterocycles. The van der Waals surface area contributed by atoms with E-state index in [1.54, 1.807) is 23.1 Å². The minimum absolute atomic E-state index is 0.0615. The van der Waals surface area contributed by atoms with Crippen LogP contribution in [0.15, 0.2) is 46.9 Å². The average Bonchev–Trinajstić information content (AvgIpc) is 3.59. The number of nitrogens with one attached hydrogen (secondary N) is 1. The number of para-hydroxylation sites is 2. The summed E-state index contributed by atoms with van der Waals surface area (Å²) in [5.74, 6) is 0.459. The largest absolute Gasteiger partial charge is 0.493 e. The first-order chi connectivity index (χ1) is 14.9. The van der Waals surface area contributed by atoms with Crippen molar-refractivity contribution < 1.29 is 24.0 Å². The van der Waals surface area contributed by atoms with Crippen molar-refractivity contribution >= 4 is 39.1 Å². The first-order valence-electron chi connectivity index (χ1n) is 9.68. The number of benzene rings is 2. The van der Waals surface area contributed by atoms with E-state index in [9.17, 15) is 19.7 Å². The average molecular weight is 492 g/mol. The van der Waals surface area contributed by atoms with Crippen molar-refractivity contribution in [2.75, 3.05) is 25.6 Å². The predicted molar refractivity (Wildman–Crippen MR) is 117 cm³/mol. The zero-order chi connectivity index (χ0) is 22.4. The van der Waals surface area contributed by atoms with E-state index in [4.69, 9.17) is 9.47 Å². The molecule has 2 aromatic carbocycles. The Morgan fingerprint density at radius 1 is 1.23 bits per heavy atom. The topological polar surface area (TPSA) is 111 Å². The van der Waals surface area contributed by atoms with Crippen molar-refractivity contribution in [3.63, 3.8) is 0 Å². The van der Waals surface area contributed by atoms with E-state index in [1.807, 2.05) is 6.07 Å². The van der Waals surface area contributed by atoms with Gasteiger partial charge in [-0.3, -0.25) is 19.7 Å². The second kappa shape index (κ2) is 10.3. The van der Waals surface area contributed by atoms with Crippen molar-refractivity contribution in [3.05, 3.63) is 57.1 Å². The maximum Gasteiger partial charge on any atom is 0.271 e. The van der Waals surface area contributed by atoms with E-state index in [2.05, 4.69) is 21.2 Å². The molecule has 1 aliphatic rings. The minimum atomic E-state index is -0.530. The monoisotopic (exact) mass is 491 g/mol. The standard InChI is InChI=1S/C21H22BrN3O6/c1-30-18-4-2-3-5-19(18)31-13-21(27)24(14-6-7-14)11-10-20(26)23-17-12-15(25(28)29)8-9-16(17)22/h2-5,8-9,12,14H,6-7,10-11,13H2,1H3,(H,23,26). The number of nitro benzene ring substituents is 1. The quantitative estimate of drug-likeness (QED) is 0.400. The molecule has 0 bridgehead atoms. The molecular weight excluding hydrogens is 470 g/mol. The molecule has 9 nitrogen and oxygen atoms in total. The summed E-state index contributed by atoms with van der Waals surface area (Å²) in [6, 6.07) is 11.3. The van der Waals surface area contributed by atoms with Gasteiger partial charge in [0.05, 0.1) is 17.7 Å². The van der Waals surface area contributed by atoms with Gasteiger partial charge in [0.15, 0.2) is 18.1 Å². The van der Waals surface area contributed by atoms with E-state index < -0.39 is 4.92 Å². The number of non-ortho nitro benzene ring substituents is 1. The van der Waals surface area contributed by atoms with E-state index in [1.165, 1.54) is 25.3 Å². The van der Waals surface area contributed by atoms with Crippen LogP contribution in [-0.4, -0.2) is 47.9 Å². The number of nitro groups is 1. The summed E-state index contributed by atoms with van der Waals surface area (Å²) in [6.45, 7) is 0.0755. The Bertz CT molecular complexity index is 979. The van der Waals surface area contributed by atoms with Crippen LogP contribution in [0.4, 0.5) is 11.4 Å². The molecular formula is C21H22BrN3O6. The highest BCUT2D eigenvalue weighted by Crippen LogP contribution is 2.30. The molecule has 1 N–H and O–H groups in total. The Kier molecular flexibility index (Phi) is 7.45. The molecule has 0 spiro atoms. The van der Waals surface area contributed by atoms with E-state index in [0.717, 1.165) is 12.8 Å². The van der Waals surface area contributed by atoms with Gasteiger partial charge < -0.3 is 19.7 Å². The molecule has 2 amide bonds. The van der Waals surface area contributed by atoms with Crippen LogP contribution in [0, 0.1) is 10.1 Å². The third-order valence-electron chi connectivity index (χ3n) is 4.74. The summed E-state index contributed by atoms with van der Waals surface area (Å²) in [6.07, 6.45) is 1.84. The van der Waals surface area contributed by atoms with Gasteiger partial charge in [0.2, 0.25) is 5.91 Å². The van der Waals surface area contributed by atoms with Crippen molar-refractivity contribution in [1.29, 1.82) is 0 Å². The van der Waals surface area contributed by atoms with Crippen LogP contribution in [0.1, 0.15) is 19.3 Å². The molecule has 0 aliphatic heterocycles. The number of carbonyl (C=O) groups excluding carboxylic acids is 2. The van der Waals surface area contributed by atoms with Gasteiger partial charge in [-0.05, 0) is 47.0 Å². The highest BCUT2D eigenvalue weighted by atomic mass is 79.9. The summed E-state index contributed by atoms with van der Waals surface area (Å²) in [7, 11) is 1.53. The maximum absolute atomic E-state index is 12.7. The lowest BCUT2D eigenvalue weighted by Gasteiger charge is -2.22. The molecule has 0 atom stereocenters. The van der Waals surface area contributed by atoms with Gasteiger partial charge in [0, 0.05) is 35.6 Å². The second-order valence-corrected chi connectivity index (χ2v) is 7.83. The van der Waals surface area contributed by atoms with Gasteiger partial charge in [0.1, 0.15) is 0 Å². The molecule has 2 aromatic rings. The summed E-state index contributed by atoms with van der Waals surface area (Å²) in [5, 5.41) is 13.6. The summed E-state index contributed by atoms with van der Waals surface area (Å²) < 4.78 is 11.4. The Morgan fingerprint density at radius 2 is 1.94 bits per heavy atom. The molecule has 31 heavy (non-hydrogen) atoms. The highest BCUT2D eigenvalue weighted by Gasteiger charge is 2.33. The number of carbonyl (C=O) groups is 2. The van der Waals surface area contributed by atoms with Crippen molar-refractivity contribution in [3.8, 4) is 11.5 Å². The number of hydrogen-bond donors (Lipinski definition) is 1. The van der Waals surface area contributed by atoms with Crippen LogP contribution in [0.25, 0.3) is 0 Å². The summed E-state index contributed by atoms with van der Waals surface area (Å²) in [5.41, 5.74) is 0.185.